The summed E-state index contributed by atoms with van der Waals surface area (Å²) in [6, 6.07) is 12.5. The molecule has 0 atom stereocenters. The molecule has 0 aliphatic heterocycles. The summed E-state index contributed by atoms with van der Waals surface area (Å²) in [5.41, 5.74) is 1.52. The molecule has 30 heavy (non-hydrogen) atoms. The molecular weight excluding hydrogens is 470 g/mol. The van der Waals surface area contributed by atoms with Crippen molar-refractivity contribution in [3.63, 3.8) is 0 Å². The van der Waals surface area contributed by atoms with E-state index in [0.29, 0.717) is 27.9 Å². The number of nitrogens with zero attached hydrogens (tertiary/aromatic N) is 2. The number of carbonyl (C=O) groups excluding carboxylic acids is 1. The summed E-state index contributed by atoms with van der Waals surface area (Å²) < 4.78 is 17.5. The molecule has 0 spiro atoms. The largest absolute Gasteiger partial charge is 0.497 e. The number of methoxy groups -OCH3 is 2. The van der Waals surface area contributed by atoms with Gasteiger partial charge in [-0.15, -0.1) is 11.3 Å². The monoisotopic (exact) mass is 485 g/mol. The molecule has 0 radical (unpaired) electrons. The van der Waals surface area contributed by atoms with Gasteiger partial charge in [-0.1, -0.05) is 15.9 Å². The van der Waals surface area contributed by atoms with Gasteiger partial charge in [0.05, 0.1) is 14.2 Å². The Kier molecular flexibility index (Phi) is 5.82. The van der Waals surface area contributed by atoms with E-state index >= 15 is 0 Å². The van der Waals surface area contributed by atoms with Crippen molar-refractivity contribution in [3.8, 4) is 11.5 Å². The Balaban J connectivity index is 1.90. The molecule has 0 aliphatic carbocycles. The molecule has 4 rings (SSSR count). The number of halogens is 1. The highest BCUT2D eigenvalue weighted by Crippen LogP contribution is 2.31. The van der Waals surface area contributed by atoms with Crippen LogP contribution in [-0.2, 0) is 0 Å². The van der Waals surface area contributed by atoms with E-state index < -0.39 is 0 Å². The van der Waals surface area contributed by atoms with Gasteiger partial charge in [0, 0.05) is 27.5 Å². The first-order valence-electron chi connectivity index (χ1n) is 8.78. The van der Waals surface area contributed by atoms with Gasteiger partial charge in [-0.3, -0.25) is 10.1 Å². The highest BCUT2D eigenvalue weighted by molar-refractivity contribution is 9.10. The molecule has 0 unspecified atom stereocenters. The van der Waals surface area contributed by atoms with Crippen molar-refractivity contribution in [2.45, 2.75) is 0 Å². The van der Waals surface area contributed by atoms with Crippen LogP contribution in [0.15, 0.2) is 67.9 Å². The van der Waals surface area contributed by atoms with E-state index in [0.717, 1.165) is 9.86 Å². The molecule has 0 bridgehead atoms. The SMILES string of the molecule is COc1ccc(N=c2oc3ccc(Br)cc3cc2C(=O)Nc2nccs2)c(OC)c1. The number of benzene rings is 2. The van der Waals surface area contributed by atoms with Crippen LogP contribution in [0.4, 0.5) is 10.8 Å². The van der Waals surface area contributed by atoms with Crippen LogP contribution in [0.3, 0.4) is 0 Å². The maximum atomic E-state index is 13.0. The zero-order valence-corrected chi connectivity index (χ0v) is 18.4. The number of carbonyl (C=O) groups is 1. The number of amides is 1. The number of thiazole rings is 1. The first-order valence-corrected chi connectivity index (χ1v) is 10.5. The summed E-state index contributed by atoms with van der Waals surface area (Å²) in [4.78, 5) is 21.7. The fraction of sp³-hybridized carbons (Fsp3) is 0.0952. The number of aromatic nitrogens is 1. The summed E-state index contributed by atoms with van der Waals surface area (Å²) in [7, 11) is 3.11. The third kappa shape index (κ3) is 4.22. The Labute approximate surface area is 184 Å². The number of nitrogens with one attached hydrogen (secondary N) is 1. The van der Waals surface area contributed by atoms with Gasteiger partial charge >= 0.3 is 0 Å². The molecule has 1 amide bonds. The third-order valence-electron chi connectivity index (χ3n) is 4.22. The average molecular weight is 486 g/mol. The molecule has 1 N–H and O–H groups in total. The molecule has 152 valence electrons. The van der Waals surface area contributed by atoms with Gasteiger partial charge in [-0.2, -0.15) is 0 Å². The summed E-state index contributed by atoms with van der Waals surface area (Å²) in [5.74, 6) is 0.751. The molecule has 0 saturated heterocycles. The van der Waals surface area contributed by atoms with E-state index in [9.17, 15) is 4.79 Å². The van der Waals surface area contributed by atoms with Crippen molar-refractivity contribution in [1.29, 1.82) is 0 Å². The lowest BCUT2D eigenvalue weighted by atomic mass is 10.1. The number of hydrogen-bond donors (Lipinski definition) is 1. The number of rotatable bonds is 5. The predicted octanol–water partition coefficient (Wildman–Crippen LogP) is 5.15. The Hall–Kier alpha value is -3.17. The number of anilines is 1. The van der Waals surface area contributed by atoms with Gasteiger partial charge < -0.3 is 13.9 Å². The highest BCUT2D eigenvalue weighted by atomic mass is 79.9. The topological polar surface area (TPSA) is 86.0 Å². The van der Waals surface area contributed by atoms with E-state index in [-0.39, 0.29) is 17.0 Å². The van der Waals surface area contributed by atoms with Gasteiger partial charge in [0.2, 0.25) is 5.55 Å². The van der Waals surface area contributed by atoms with Crippen molar-refractivity contribution >= 4 is 55.0 Å². The molecular formula is C21H16BrN3O4S. The molecule has 0 aliphatic rings. The zero-order valence-electron chi connectivity index (χ0n) is 16.0. The number of ether oxygens (including phenoxy) is 2. The number of hydrogen-bond acceptors (Lipinski definition) is 7. The van der Waals surface area contributed by atoms with Crippen molar-refractivity contribution < 1.29 is 18.7 Å². The Morgan fingerprint density at radius 3 is 2.77 bits per heavy atom. The minimum Gasteiger partial charge on any atom is -0.497 e. The van der Waals surface area contributed by atoms with Crippen LogP contribution in [0.2, 0.25) is 0 Å². The second kappa shape index (κ2) is 8.68. The summed E-state index contributed by atoms with van der Waals surface area (Å²) in [5, 5.41) is 5.81. The summed E-state index contributed by atoms with van der Waals surface area (Å²) in [6.07, 6.45) is 1.62. The lowest BCUT2D eigenvalue weighted by Gasteiger charge is -2.08. The second-order valence-electron chi connectivity index (χ2n) is 6.09. The number of fused-ring (bicyclic) bond motifs is 1. The van der Waals surface area contributed by atoms with Gasteiger partial charge in [-0.05, 0) is 36.4 Å². The normalized spacial score (nSPS) is 11.5. The van der Waals surface area contributed by atoms with Gasteiger partial charge in [0.1, 0.15) is 28.3 Å². The minimum absolute atomic E-state index is 0.155. The smallest absolute Gasteiger partial charge is 0.262 e. The highest BCUT2D eigenvalue weighted by Gasteiger charge is 2.15. The van der Waals surface area contributed by atoms with Crippen molar-refractivity contribution in [2.24, 2.45) is 4.99 Å². The average Bonchev–Trinajstić information content (AvgIpc) is 3.26. The van der Waals surface area contributed by atoms with Crippen molar-refractivity contribution in [2.75, 3.05) is 19.5 Å². The Bertz CT molecular complexity index is 1290. The van der Waals surface area contributed by atoms with Crippen LogP contribution in [-0.4, -0.2) is 25.1 Å². The predicted molar refractivity (Wildman–Crippen MR) is 119 cm³/mol. The molecule has 2 aromatic carbocycles. The standard InChI is InChI=1S/C21H16BrN3O4S/c1-27-14-4-5-16(18(11-14)28-2)24-20-15(19(26)25-21-23-7-8-30-21)10-12-9-13(22)3-6-17(12)29-20/h3-11H,1-2H3,(H,23,25,26). The van der Waals surface area contributed by atoms with E-state index in [1.807, 2.05) is 18.2 Å². The summed E-state index contributed by atoms with van der Waals surface area (Å²) in [6.45, 7) is 0. The second-order valence-corrected chi connectivity index (χ2v) is 7.90. The first-order chi connectivity index (χ1) is 14.6. The molecule has 4 aromatic rings. The van der Waals surface area contributed by atoms with Gasteiger partial charge in [0.15, 0.2) is 5.13 Å². The maximum Gasteiger partial charge on any atom is 0.262 e. The van der Waals surface area contributed by atoms with Crippen LogP contribution in [0.25, 0.3) is 11.0 Å². The van der Waals surface area contributed by atoms with Crippen LogP contribution >= 0.6 is 27.3 Å². The van der Waals surface area contributed by atoms with Crippen molar-refractivity contribution in [3.05, 3.63) is 69.6 Å². The zero-order chi connectivity index (χ0) is 21.1. The lowest BCUT2D eigenvalue weighted by molar-refractivity contribution is 0.102. The van der Waals surface area contributed by atoms with Crippen LogP contribution in [0.1, 0.15) is 10.4 Å². The molecule has 0 saturated carbocycles. The maximum absolute atomic E-state index is 13.0. The van der Waals surface area contributed by atoms with Crippen LogP contribution in [0.5, 0.6) is 11.5 Å². The fourth-order valence-electron chi connectivity index (χ4n) is 2.78. The van der Waals surface area contributed by atoms with Gasteiger partial charge in [0.25, 0.3) is 5.91 Å². The van der Waals surface area contributed by atoms with Crippen LogP contribution < -0.4 is 20.3 Å². The van der Waals surface area contributed by atoms with Crippen molar-refractivity contribution in [1.82, 2.24) is 4.98 Å². The fourth-order valence-corrected chi connectivity index (χ4v) is 3.69. The molecule has 0 fully saturated rings. The van der Waals surface area contributed by atoms with E-state index in [1.165, 1.54) is 11.3 Å². The quantitative estimate of drug-likeness (QED) is 0.422. The summed E-state index contributed by atoms with van der Waals surface area (Å²) >= 11 is 4.77. The van der Waals surface area contributed by atoms with Crippen LogP contribution in [0, 0.1) is 0 Å². The van der Waals surface area contributed by atoms with E-state index in [2.05, 4.69) is 31.2 Å². The Morgan fingerprint density at radius 2 is 2.03 bits per heavy atom. The van der Waals surface area contributed by atoms with Gasteiger partial charge in [-0.25, -0.2) is 9.98 Å². The molecule has 9 heteroatoms. The first kappa shape index (κ1) is 20.1. The molecule has 7 nitrogen and oxygen atoms in total. The van der Waals surface area contributed by atoms with E-state index in [4.69, 9.17) is 13.9 Å². The Morgan fingerprint density at radius 1 is 1.17 bits per heavy atom. The molecule has 2 heterocycles. The molecule has 2 aromatic heterocycles. The third-order valence-corrected chi connectivity index (χ3v) is 5.40. The lowest BCUT2D eigenvalue weighted by Crippen LogP contribution is -2.21. The minimum atomic E-state index is -0.373. The van der Waals surface area contributed by atoms with E-state index in [1.54, 1.807) is 50.1 Å².